The van der Waals surface area contributed by atoms with Crippen LogP contribution in [0.1, 0.15) is 22.8 Å². The first-order chi connectivity index (χ1) is 9.66. The van der Waals surface area contributed by atoms with Gasteiger partial charge in [-0.05, 0) is 24.0 Å². The van der Waals surface area contributed by atoms with E-state index in [2.05, 4.69) is 11.9 Å². The molecular formula is C16H16N2O2. The van der Waals surface area contributed by atoms with Gasteiger partial charge in [-0.1, -0.05) is 25.1 Å². The van der Waals surface area contributed by atoms with Crippen LogP contribution in [0.4, 0.5) is 5.69 Å². The highest BCUT2D eigenvalue weighted by atomic mass is 16.2. The summed E-state index contributed by atoms with van der Waals surface area (Å²) >= 11 is 0. The van der Waals surface area contributed by atoms with E-state index in [9.17, 15) is 9.59 Å². The Labute approximate surface area is 117 Å². The molecule has 1 unspecified atom stereocenters. The van der Waals surface area contributed by atoms with E-state index in [4.69, 9.17) is 0 Å². The van der Waals surface area contributed by atoms with E-state index in [1.807, 2.05) is 24.3 Å². The Bertz CT molecular complexity index is 705. The summed E-state index contributed by atoms with van der Waals surface area (Å²) in [6.07, 6.45) is 3.98. The number of aromatic nitrogens is 1. The highest BCUT2D eigenvalue weighted by molar-refractivity contribution is 6.06. The fourth-order valence-electron chi connectivity index (χ4n) is 2.72. The molecular weight excluding hydrogens is 252 g/mol. The lowest BCUT2D eigenvalue weighted by Gasteiger charge is -2.33. The van der Waals surface area contributed by atoms with Gasteiger partial charge >= 0.3 is 0 Å². The van der Waals surface area contributed by atoms with Crippen molar-refractivity contribution in [3.63, 3.8) is 0 Å². The van der Waals surface area contributed by atoms with Crippen LogP contribution < -0.4 is 10.3 Å². The van der Waals surface area contributed by atoms with Gasteiger partial charge in [0.2, 0.25) is 0 Å². The summed E-state index contributed by atoms with van der Waals surface area (Å²) in [7, 11) is 0. The summed E-state index contributed by atoms with van der Waals surface area (Å²) in [6.45, 7) is 2.76. The second-order valence-electron chi connectivity index (χ2n) is 5.28. The van der Waals surface area contributed by atoms with Gasteiger partial charge in [-0.25, -0.2) is 0 Å². The number of H-pyrrole nitrogens is 1. The van der Waals surface area contributed by atoms with Crippen molar-refractivity contribution in [1.82, 2.24) is 4.98 Å². The van der Waals surface area contributed by atoms with Crippen LogP contribution in [0.2, 0.25) is 0 Å². The van der Waals surface area contributed by atoms with Gasteiger partial charge in [-0.2, -0.15) is 0 Å². The number of anilines is 1. The van der Waals surface area contributed by atoms with Crippen LogP contribution in [0.5, 0.6) is 0 Å². The molecule has 0 aliphatic carbocycles. The number of fused-ring (bicyclic) bond motifs is 1. The van der Waals surface area contributed by atoms with E-state index in [1.165, 1.54) is 18.5 Å². The molecule has 102 valence electrons. The average molecular weight is 268 g/mol. The number of nitrogens with zero attached hydrogens (tertiary/aromatic N) is 1. The molecule has 0 bridgehead atoms. The van der Waals surface area contributed by atoms with Crippen molar-refractivity contribution < 1.29 is 4.79 Å². The first kappa shape index (κ1) is 12.7. The third-order valence-corrected chi connectivity index (χ3v) is 3.64. The predicted octanol–water partition coefficient (Wildman–Crippen LogP) is 2.21. The Morgan fingerprint density at radius 2 is 2.10 bits per heavy atom. The van der Waals surface area contributed by atoms with Gasteiger partial charge in [-0.3, -0.25) is 9.59 Å². The minimum atomic E-state index is -0.246. The Morgan fingerprint density at radius 1 is 1.30 bits per heavy atom. The minimum Gasteiger partial charge on any atom is -0.367 e. The van der Waals surface area contributed by atoms with Crippen LogP contribution >= 0.6 is 0 Å². The Hall–Kier alpha value is -2.36. The molecule has 1 N–H and O–H groups in total. The maximum Gasteiger partial charge on any atom is 0.263 e. The van der Waals surface area contributed by atoms with Crippen LogP contribution in [-0.4, -0.2) is 17.4 Å². The summed E-state index contributed by atoms with van der Waals surface area (Å²) in [5.74, 6) is 0.155. The van der Waals surface area contributed by atoms with Crippen LogP contribution in [0.3, 0.4) is 0 Å². The number of aromatic amines is 1. The maximum absolute atomic E-state index is 12.6. The van der Waals surface area contributed by atoms with Crippen molar-refractivity contribution in [3.05, 3.63) is 64.1 Å². The molecule has 1 aliphatic heterocycles. The molecule has 0 spiro atoms. The molecule has 1 atom stereocenters. The first-order valence-corrected chi connectivity index (χ1v) is 6.73. The van der Waals surface area contributed by atoms with Gasteiger partial charge in [0.05, 0.1) is 0 Å². The smallest absolute Gasteiger partial charge is 0.263 e. The topological polar surface area (TPSA) is 53.2 Å². The Morgan fingerprint density at radius 3 is 2.90 bits per heavy atom. The van der Waals surface area contributed by atoms with E-state index in [0.29, 0.717) is 12.5 Å². The number of pyridine rings is 1. The molecule has 4 nitrogen and oxygen atoms in total. The van der Waals surface area contributed by atoms with Crippen LogP contribution in [0.25, 0.3) is 0 Å². The molecule has 1 aromatic carbocycles. The number of amides is 1. The summed E-state index contributed by atoms with van der Waals surface area (Å²) in [4.78, 5) is 29.0. The van der Waals surface area contributed by atoms with Gasteiger partial charge < -0.3 is 9.88 Å². The Kier molecular flexibility index (Phi) is 3.14. The number of rotatable bonds is 1. The lowest BCUT2D eigenvalue weighted by Crippen LogP contribution is -2.41. The second kappa shape index (κ2) is 4.96. The third kappa shape index (κ3) is 2.13. The molecule has 1 aromatic heterocycles. The monoisotopic (exact) mass is 268 g/mol. The summed E-state index contributed by atoms with van der Waals surface area (Å²) < 4.78 is 0. The highest BCUT2D eigenvalue weighted by Crippen LogP contribution is 2.30. The minimum absolute atomic E-state index is 0.191. The van der Waals surface area contributed by atoms with E-state index >= 15 is 0 Å². The first-order valence-electron chi connectivity index (χ1n) is 6.73. The normalized spacial score (nSPS) is 17.6. The number of hydrogen-bond donors (Lipinski definition) is 1. The average Bonchev–Trinajstić information content (AvgIpc) is 2.46. The molecule has 2 heterocycles. The second-order valence-corrected chi connectivity index (χ2v) is 5.28. The predicted molar refractivity (Wildman–Crippen MR) is 78.0 cm³/mol. The van der Waals surface area contributed by atoms with E-state index in [1.54, 1.807) is 4.90 Å². The molecule has 2 aromatic rings. The third-order valence-electron chi connectivity index (χ3n) is 3.64. The molecule has 0 saturated carbocycles. The van der Waals surface area contributed by atoms with Crippen molar-refractivity contribution in [1.29, 1.82) is 0 Å². The number of nitrogens with one attached hydrogen (secondary N) is 1. The molecule has 3 rings (SSSR count). The van der Waals surface area contributed by atoms with Crippen molar-refractivity contribution in [2.75, 3.05) is 11.4 Å². The summed E-state index contributed by atoms with van der Waals surface area (Å²) in [6, 6.07) is 9.27. The number of carbonyl (C=O) groups excluding carboxylic acids is 1. The standard InChI is InChI=1S/C16H16N2O2/c1-11-8-12-4-2-3-5-14(12)18(10-11)16(20)13-9-17-7-6-15(13)19/h2-7,9,11H,8,10H2,1H3,(H,17,19). The Balaban J connectivity index is 2.05. The van der Waals surface area contributed by atoms with Crippen LogP contribution in [-0.2, 0) is 6.42 Å². The molecule has 4 heteroatoms. The van der Waals surface area contributed by atoms with Gasteiger partial charge in [0.15, 0.2) is 5.43 Å². The zero-order valence-corrected chi connectivity index (χ0v) is 11.3. The molecule has 20 heavy (non-hydrogen) atoms. The summed E-state index contributed by atoms with van der Waals surface area (Å²) in [5.41, 5.74) is 2.02. The number of para-hydroxylation sites is 1. The zero-order chi connectivity index (χ0) is 14.1. The van der Waals surface area contributed by atoms with E-state index < -0.39 is 0 Å². The quantitative estimate of drug-likeness (QED) is 0.862. The van der Waals surface area contributed by atoms with Gasteiger partial charge in [0.1, 0.15) is 5.56 Å². The lowest BCUT2D eigenvalue weighted by molar-refractivity contribution is 0.0979. The maximum atomic E-state index is 12.6. The number of benzene rings is 1. The van der Waals surface area contributed by atoms with Crippen molar-refractivity contribution in [3.8, 4) is 0 Å². The van der Waals surface area contributed by atoms with Crippen LogP contribution in [0, 0.1) is 5.92 Å². The van der Waals surface area contributed by atoms with Crippen molar-refractivity contribution >= 4 is 11.6 Å². The fourth-order valence-corrected chi connectivity index (χ4v) is 2.72. The van der Waals surface area contributed by atoms with Crippen molar-refractivity contribution in [2.24, 2.45) is 5.92 Å². The number of carbonyl (C=O) groups is 1. The molecule has 0 fully saturated rings. The highest BCUT2D eigenvalue weighted by Gasteiger charge is 2.27. The molecule has 1 amide bonds. The SMILES string of the molecule is CC1Cc2ccccc2N(C(=O)c2c[nH]ccc2=O)C1. The number of hydrogen-bond acceptors (Lipinski definition) is 2. The molecule has 1 aliphatic rings. The fraction of sp³-hybridized carbons (Fsp3) is 0.250. The molecule has 0 radical (unpaired) electrons. The van der Waals surface area contributed by atoms with Gasteiger partial charge in [0, 0.05) is 30.7 Å². The molecule has 0 saturated heterocycles. The van der Waals surface area contributed by atoms with Gasteiger partial charge in [-0.15, -0.1) is 0 Å². The van der Waals surface area contributed by atoms with Crippen LogP contribution in [0.15, 0.2) is 47.5 Å². The largest absolute Gasteiger partial charge is 0.367 e. The zero-order valence-electron chi connectivity index (χ0n) is 11.3. The summed E-state index contributed by atoms with van der Waals surface area (Å²) in [5, 5.41) is 0. The van der Waals surface area contributed by atoms with E-state index in [0.717, 1.165) is 17.7 Å². The van der Waals surface area contributed by atoms with Crippen molar-refractivity contribution in [2.45, 2.75) is 13.3 Å². The van der Waals surface area contributed by atoms with Gasteiger partial charge in [0.25, 0.3) is 5.91 Å². The lowest BCUT2D eigenvalue weighted by atomic mass is 9.93. The van der Waals surface area contributed by atoms with E-state index in [-0.39, 0.29) is 16.9 Å².